The molecule has 102 valence electrons. The van der Waals surface area contributed by atoms with Crippen molar-refractivity contribution in [2.45, 2.75) is 44.2 Å². The third-order valence-corrected chi connectivity index (χ3v) is 4.54. The van der Waals surface area contributed by atoms with E-state index in [1.54, 1.807) is 7.05 Å². The van der Waals surface area contributed by atoms with Crippen molar-refractivity contribution in [2.24, 2.45) is 11.7 Å². The van der Waals surface area contributed by atoms with Crippen LogP contribution < -0.4 is 5.73 Å². The van der Waals surface area contributed by atoms with E-state index in [0.29, 0.717) is 24.9 Å². The van der Waals surface area contributed by atoms with Crippen LogP contribution in [0.3, 0.4) is 0 Å². The lowest BCUT2D eigenvalue weighted by atomic mass is 9.83. The molecule has 2 amide bonds. The summed E-state index contributed by atoms with van der Waals surface area (Å²) >= 11 is 0. The number of hydrogen-bond donors (Lipinski definition) is 1. The van der Waals surface area contributed by atoms with Crippen LogP contribution in [0.15, 0.2) is 0 Å². The molecule has 0 spiro atoms. The Hall–Kier alpha value is -0.940. The first-order valence-corrected chi connectivity index (χ1v) is 6.78. The van der Waals surface area contributed by atoms with Gasteiger partial charge in [0.2, 0.25) is 11.8 Å². The summed E-state index contributed by atoms with van der Waals surface area (Å²) in [6.07, 6.45) is 4.95. The Bertz CT molecular complexity index is 345. The van der Waals surface area contributed by atoms with Crippen LogP contribution in [0, 0.1) is 5.92 Å². The molecule has 2 rings (SSSR count). The van der Waals surface area contributed by atoms with Crippen LogP contribution in [0.2, 0.25) is 0 Å². The number of likely N-dealkylation sites (tertiary alicyclic amines) is 1. The number of nitrogens with zero attached hydrogens (tertiary/aromatic N) is 2. The fourth-order valence-electron chi connectivity index (χ4n) is 3.28. The van der Waals surface area contributed by atoms with Gasteiger partial charge in [-0.05, 0) is 32.4 Å². The Kier molecular flexibility index (Phi) is 4.02. The second-order valence-electron chi connectivity index (χ2n) is 5.52. The zero-order valence-electron chi connectivity index (χ0n) is 11.3. The third kappa shape index (κ3) is 2.29. The Morgan fingerprint density at radius 3 is 2.56 bits per heavy atom. The number of amides is 2. The number of carbonyl (C=O) groups is 2. The van der Waals surface area contributed by atoms with Crippen molar-refractivity contribution in [1.82, 2.24) is 9.80 Å². The largest absolute Gasteiger partial charge is 0.330 e. The maximum atomic E-state index is 12.0. The van der Waals surface area contributed by atoms with E-state index >= 15 is 0 Å². The molecule has 2 aliphatic rings. The van der Waals surface area contributed by atoms with E-state index in [1.807, 2.05) is 7.05 Å². The molecule has 5 nitrogen and oxygen atoms in total. The Morgan fingerprint density at radius 2 is 2.00 bits per heavy atom. The van der Waals surface area contributed by atoms with Gasteiger partial charge in [0, 0.05) is 13.1 Å². The van der Waals surface area contributed by atoms with Crippen LogP contribution in [-0.4, -0.2) is 54.3 Å². The molecule has 2 N–H and O–H groups in total. The minimum atomic E-state index is -0.278. The van der Waals surface area contributed by atoms with Crippen molar-refractivity contribution in [3.63, 3.8) is 0 Å². The van der Waals surface area contributed by atoms with Gasteiger partial charge in [0.1, 0.15) is 0 Å². The van der Waals surface area contributed by atoms with Gasteiger partial charge in [-0.2, -0.15) is 0 Å². The molecular formula is C13H23N3O2. The summed E-state index contributed by atoms with van der Waals surface area (Å²) in [7, 11) is 3.54. The number of hydrogen-bond acceptors (Lipinski definition) is 4. The molecule has 1 aliphatic heterocycles. The molecule has 3 unspecified atom stereocenters. The summed E-state index contributed by atoms with van der Waals surface area (Å²) in [5, 5.41) is 0. The molecule has 1 saturated carbocycles. The Morgan fingerprint density at radius 1 is 1.33 bits per heavy atom. The maximum Gasteiger partial charge on any atom is 0.246 e. The zero-order chi connectivity index (χ0) is 13.3. The van der Waals surface area contributed by atoms with E-state index in [2.05, 4.69) is 4.90 Å². The van der Waals surface area contributed by atoms with E-state index in [4.69, 9.17) is 5.73 Å². The van der Waals surface area contributed by atoms with Crippen LogP contribution in [-0.2, 0) is 9.59 Å². The standard InChI is InChI=1S/C13H23N3O2/c1-15(10-6-4-3-5-9(10)8-14)11-7-12(17)16(2)13(11)18/h9-11H,3-8,14H2,1-2H3. The molecular weight excluding hydrogens is 230 g/mol. The lowest BCUT2D eigenvalue weighted by molar-refractivity contribution is -0.138. The highest BCUT2D eigenvalue weighted by atomic mass is 16.2. The van der Waals surface area contributed by atoms with Gasteiger partial charge in [-0.1, -0.05) is 12.8 Å². The highest BCUT2D eigenvalue weighted by molar-refractivity contribution is 6.05. The first-order valence-electron chi connectivity index (χ1n) is 6.78. The Balaban J connectivity index is 2.08. The molecule has 1 saturated heterocycles. The normalized spacial score (nSPS) is 33.6. The second-order valence-corrected chi connectivity index (χ2v) is 5.52. The average molecular weight is 253 g/mol. The zero-order valence-corrected chi connectivity index (χ0v) is 11.3. The fraction of sp³-hybridized carbons (Fsp3) is 0.846. The van der Waals surface area contributed by atoms with Crippen molar-refractivity contribution >= 4 is 11.8 Å². The van der Waals surface area contributed by atoms with Crippen LogP contribution in [0.25, 0.3) is 0 Å². The fourth-order valence-corrected chi connectivity index (χ4v) is 3.28. The summed E-state index contributed by atoms with van der Waals surface area (Å²) in [6.45, 7) is 0.666. The van der Waals surface area contributed by atoms with E-state index in [1.165, 1.54) is 17.7 Å². The Labute approximate surface area is 108 Å². The van der Waals surface area contributed by atoms with Gasteiger partial charge in [0.25, 0.3) is 0 Å². The highest BCUT2D eigenvalue weighted by Gasteiger charge is 2.42. The molecule has 0 aromatic rings. The minimum absolute atomic E-state index is 0.0659. The molecule has 0 aromatic heterocycles. The summed E-state index contributed by atoms with van der Waals surface area (Å²) in [5.74, 6) is 0.318. The van der Waals surface area contributed by atoms with Gasteiger partial charge in [-0.15, -0.1) is 0 Å². The van der Waals surface area contributed by atoms with Crippen LogP contribution in [0.1, 0.15) is 32.1 Å². The predicted molar refractivity (Wildman–Crippen MR) is 68.7 cm³/mol. The minimum Gasteiger partial charge on any atom is -0.330 e. The lowest BCUT2D eigenvalue weighted by Gasteiger charge is -2.39. The lowest BCUT2D eigenvalue weighted by Crippen LogP contribution is -2.50. The third-order valence-electron chi connectivity index (χ3n) is 4.54. The van der Waals surface area contributed by atoms with Crippen LogP contribution >= 0.6 is 0 Å². The monoisotopic (exact) mass is 253 g/mol. The predicted octanol–water partition coefficient (Wildman–Crippen LogP) is 0.193. The highest BCUT2D eigenvalue weighted by Crippen LogP contribution is 2.30. The first-order chi connectivity index (χ1) is 8.56. The SMILES string of the molecule is CN1C(=O)CC(N(C)C2CCCCC2CN)C1=O. The van der Waals surface area contributed by atoms with E-state index in [-0.39, 0.29) is 17.9 Å². The summed E-state index contributed by atoms with van der Waals surface area (Å²) < 4.78 is 0. The maximum absolute atomic E-state index is 12.0. The van der Waals surface area contributed by atoms with E-state index in [0.717, 1.165) is 12.8 Å². The molecule has 1 aliphatic carbocycles. The second kappa shape index (κ2) is 5.36. The molecule has 0 radical (unpaired) electrons. The van der Waals surface area contributed by atoms with Crippen molar-refractivity contribution in [3.8, 4) is 0 Å². The van der Waals surface area contributed by atoms with Crippen molar-refractivity contribution in [1.29, 1.82) is 0 Å². The van der Waals surface area contributed by atoms with Gasteiger partial charge >= 0.3 is 0 Å². The van der Waals surface area contributed by atoms with Gasteiger partial charge in [-0.25, -0.2) is 0 Å². The smallest absolute Gasteiger partial charge is 0.246 e. The summed E-state index contributed by atoms with van der Waals surface area (Å²) in [4.78, 5) is 27.0. The van der Waals surface area contributed by atoms with E-state index in [9.17, 15) is 9.59 Å². The van der Waals surface area contributed by atoms with Crippen molar-refractivity contribution in [2.75, 3.05) is 20.6 Å². The number of likely N-dealkylation sites (N-methyl/N-ethyl adjacent to an activating group) is 2. The summed E-state index contributed by atoms with van der Waals surface area (Å²) in [5.41, 5.74) is 5.83. The average Bonchev–Trinajstić information content (AvgIpc) is 2.65. The van der Waals surface area contributed by atoms with Crippen molar-refractivity contribution < 1.29 is 9.59 Å². The van der Waals surface area contributed by atoms with Crippen LogP contribution in [0.4, 0.5) is 0 Å². The molecule has 5 heteroatoms. The quantitative estimate of drug-likeness (QED) is 0.729. The molecule has 3 atom stereocenters. The molecule has 18 heavy (non-hydrogen) atoms. The molecule has 0 aromatic carbocycles. The van der Waals surface area contributed by atoms with Gasteiger partial charge in [0.05, 0.1) is 12.5 Å². The molecule has 2 fully saturated rings. The number of imide groups is 1. The topological polar surface area (TPSA) is 66.6 Å². The van der Waals surface area contributed by atoms with Crippen molar-refractivity contribution in [3.05, 3.63) is 0 Å². The van der Waals surface area contributed by atoms with Gasteiger partial charge in [0.15, 0.2) is 0 Å². The summed E-state index contributed by atoms with van der Waals surface area (Å²) in [6, 6.07) is 0.0663. The van der Waals surface area contributed by atoms with Gasteiger partial charge in [-0.3, -0.25) is 19.4 Å². The molecule has 1 heterocycles. The van der Waals surface area contributed by atoms with Gasteiger partial charge < -0.3 is 5.73 Å². The van der Waals surface area contributed by atoms with E-state index < -0.39 is 0 Å². The van der Waals surface area contributed by atoms with Crippen LogP contribution in [0.5, 0.6) is 0 Å². The number of carbonyl (C=O) groups excluding carboxylic acids is 2. The molecule has 0 bridgehead atoms. The first kappa shape index (κ1) is 13.5. The number of nitrogens with two attached hydrogens (primary N) is 1. The number of rotatable bonds is 3.